The highest BCUT2D eigenvalue weighted by molar-refractivity contribution is 7.86. The van der Waals surface area contributed by atoms with Gasteiger partial charge in [-0.15, -0.1) is 0 Å². The standard InChI is InChI=1S/C7H12N2O3S/c1-3-6(13(10,11)12)7-8-4-5-9(7)2/h4-6H,3H2,1-2H3,(H,10,11,12). The summed E-state index contributed by atoms with van der Waals surface area (Å²) >= 11 is 0. The minimum absolute atomic E-state index is 0.309. The minimum atomic E-state index is -4.04. The zero-order valence-corrected chi connectivity index (χ0v) is 8.32. The minimum Gasteiger partial charge on any atom is -0.337 e. The second-order valence-electron chi connectivity index (χ2n) is 2.81. The van der Waals surface area contributed by atoms with Gasteiger partial charge in [0.25, 0.3) is 10.1 Å². The van der Waals surface area contributed by atoms with Crippen molar-refractivity contribution in [3.63, 3.8) is 0 Å². The van der Waals surface area contributed by atoms with E-state index in [0.717, 1.165) is 0 Å². The lowest BCUT2D eigenvalue weighted by atomic mass is 10.3. The van der Waals surface area contributed by atoms with Crippen LogP contribution < -0.4 is 0 Å². The third-order valence-corrected chi connectivity index (χ3v) is 3.14. The maximum Gasteiger partial charge on any atom is 0.275 e. The Labute approximate surface area is 77.2 Å². The summed E-state index contributed by atoms with van der Waals surface area (Å²) in [7, 11) is -2.35. The zero-order valence-electron chi connectivity index (χ0n) is 7.51. The smallest absolute Gasteiger partial charge is 0.275 e. The van der Waals surface area contributed by atoms with Gasteiger partial charge in [-0.2, -0.15) is 8.42 Å². The van der Waals surface area contributed by atoms with Crippen molar-refractivity contribution in [1.29, 1.82) is 0 Å². The molecular formula is C7H12N2O3S. The van der Waals surface area contributed by atoms with Gasteiger partial charge in [0.2, 0.25) is 0 Å². The average Bonchev–Trinajstić information content (AvgIpc) is 2.35. The molecule has 1 aromatic rings. The first kappa shape index (κ1) is 10.2. The van der Waals surface area contributed by atoms with Crippen LogP contribution in [0.25, 0.3) is 0 Å². The maximum absolute atomic E-state index is 10.9. The molecule has 0 saturated heterocycles. The molecule has 5 nitrogen and oxygen atoms in total. The van der Waals surface area contributed by atoms with Crippen molar-refractivity contribution in [2.24, 2.45) is 7.05 Å². The third-order valence-electron chi connectivity index (χ3n) is 1.88. The van der Waals surface area contributed by atoms with Gasteiger partial charge < -0.3 is 4.57 Å². The summed E-state index contributed by atoms with van der Waals surface area (Å²) in [4.78, 5) is 3.88. The van der Waals surface area contributed by atoms with E-state index in [9.17, 15) is 8.42 Å². The molecular weight excluding hydrogens is 192 g/mol. The fraction of sp³-hybridized carbons (Fsp3) is 0.571. The number of rotatable bonds is 3. The summed E-state index contributed by atoms with van der Waals surface area (Å²) in [5.41, 5.74) is 0. The summed E-state index contributed by atoms with van der Waals surface area (Å²) < 4.78 is 32.3. The highest BCUT2D eigenvalue weighted by Gasteiger charge is 2.26. The first-order valence-corrected chi connectivity index (χ1v) is 5.40. The zero-order chi connectivity index (χ0) is 10.1. The van der Waals surface area contributed by atoms with Crippen LogP contribution in [-0.2, 0) is 17.2 Å². The molecule has 0 saturated carbocycles. The van der Waals surface area contributed by atoms with Crippen molar-refractivity contribution >= 4 is 10.1 Å². The second kappa shape index (κ2) is 3.47. The van der Waals surface area contributed by atoms with E-state index in [1.54, 1.807) is 24.7 Å². The monoisotopic (exact) mass is 204 g/mol. The highest BCUT2D eigenvalue weighted by atomic mass is 32.2. The van der Waals surface area contributed by atoms with E-state index >= 15 is 0 Å². The van der Waals surface area contributed by atoms with Crippen LogP contribution in [0.5, 0.6) is 0 Å². The Bertz CT molecular complexity index is 382. The molecule has 74 valence electrons. The molecule has 6 heteroatoms. The van der Waals surface area contributed by atoms with Gasteiger partial charge in [0.05, 0.1) is 0 Å². The Kier molecular flexibility index (Phi) is 2.72. The van der Waals surface area contributed by atoms with Gasteiger partial charge in [0.15, 0.2) is 0 Å². The average molecular weight is 204 g/mol. The molecule has 0 bridgehead atoms. The van der Waals surface area contributed by atoms with Gasteiger partial charge in [0.1, 0.15) is 11.1 Å². The molecule has 0 radical (unpaired) electrons. The normalized spacial score (nSPS) is 14.4. The number of hydrogen-bond donors (Lipinski definition) is 1. The van der Waals surface area contributed by atoms with Crippen molar-refractivity contribution in [3.8, 4) is 0 Å². The van der Waals surface area contributed by atoms with E-state index in [0.29, 0.717) is 12.2 Å². The molecule has 1 atom stereocenters. The fourth-order valence-corrected chi connectivity index (χ4v) is 2.13. The number of nitrogens with zero attached hydrogens (tertiary/aromatic N) is 2. The highest BCUT2D eigenvalue weighted by Crippen LogP contribution is 2.22. The Morgan fingerprint density at radius 3 is 2.62 bits per heavy atom. The van der Waals surface area contributed by atoms with Crippen LogP contribution in [0.1, 0.15) is 24.4 Å². The fourth-order valence-electron chi connectivity index (χ4n) is 1.21. The Morgan fingerprint density at radius 1 is 1.69 bits per heavy atom. The lowest BCUT2D eigenvalue weighted by molar-refractivity contribution is 0.461. The summed E-state index contributed by atoms with van der Waals surface area (Å²) in [5.74, 6) is 0.366. The molecule has 0 aliphatic heterocycles. The third kappa shape index (κ3) is 2.07. The molecule has 0 fully saturated rings. The summed E-state index contributed by atoms with van der Waals surface area (Å²) in [6, 6.07) is 0. The van der Waals surface area contributed by atoms with Crippen LogP contribution in [0.15, 0.2) is 12.4 Å². The molecule has 1 N–H and O–H groups in total. The molecule has 0 spiro atoms. The summed E-state index contributed by atoms with van der Waals surface area (Å²) in [6.07, 6.45) is 3.45. The molecule has 0 aliphatic rings. The molecule has 1 aromatic heterocycles. The number of imidazole rings is 1. The van der Waals surface area contributed by atoms with Gasteiger partial charge in [-0.3, -0.25) is 4.55 Å². The lowest BCUT2D eigenvalue weighted by Crippen LogP contribution is -2.15. The number of hydrogen-bond acceptors (Lipinski definition) is 3. The van der Waals surface area contributed by atoms with Gasteiger partial charge in [-0.25, -0.2) is 4.98 Å². The van der Waals surface area contributed by atoms with Gasteiger partial charge in [-0.05, 0) is 6.42 Å². The summed E-state index contributed by atoms with van der Waals surface area (Å²) in [6.45, 7) is 1.69. The Balaban J connectivity index is 3.13. The van der Waals surface area contributed by atoms with E-state index < -0.39 is 15.4 Å². The molecule has 1 heterocycles. The predicted molar refractivity (Wildman–Crippen MR) is 47.8 cm³/mol. The van der Waals surface area contributed by atoms with Crippen molar-refractivity contribution < 1.29 is 13.0 Å². The van der Waals surface area contributed by atoms with Crippen molar-refractivity contribution in [2.75, 3.05) is 0 Å². The number of aromatic nitrogens is 2. The SMILES string of the molecule is CCC(c1nccn1C)S(=O)(=O)O. The quantitative estimate of drug-likeness (QED) is 0.738. The van der Waals surface area contributed by atoms with Crippen LogP contribution in [0.2, 0.25) is 0 Å². The van der Waals surface area contributed by atoms with Crippen LogP contribution in [-0.4, -0.2) is 22.5 Å². The van der Waals surface area contributed by atoms with Crippen LogP contribution in [0, 0.1) is 0 Å². The number of aryl methyl sites for hydroxylation is 1. The first-order chi connectivity index (χ1) is 5.96. The maximum atomic E-state index is 10.9. The van der Waals surface area contributed by atoms with Crippen molar-refractivity contribution in [2.45, 2.75) is 18.6 Å². The molecule has 1 unspecified atom stereocenters. The molecule has 1 rings (SSSR count). The van der Waals surface area contributed by atoms with E-state index in [2.05, 4.69) is 4.98 Å². The van der Waals surface area contributed by atoms with E-state index in [-0.39, 0.29) is 0 Å². The van der Waals surface area contributed by atoms with E-state index in [4.69, 9.17) is 4.55 Å². The summed E-state index contributed by atoms with van der Waals surface area (Å²) in [5, 5.41) is -0.924. The Morgan fingerprint density at radius 2 is 2.31 bits per heavy atom. The van der Waals surface area contributed by atoms with Gasteiger partial charge >= 0.3 is 0 Å². The molecule has 0 aromatic carbocycles. The topological polar surface area (TPSA) is 72.2 Å². The molecule has 0 aliphatic carbocycles. The first-order valence-electron chi connectivity index (χ1n) is 3.90. The van der Waals surface area contributed by atoms with Gasteiger partial charge in [0, 0.05) is 19.4 Å². The predicted octanol–water partition coefficient (Wildman–Crippen LogP) is 0.759. The van der Waals surface area contributed by atoms with Crippen LogP contribution in [0.3, 0.4) is 0 Å². The second-order valence-corrected chi connectivity index (χ2v) is 4.41. The molecule has 13 heavy (non-hydrogen) atoms. The van der Waals surface area contributed by atoms with Crippen LogP contribution >= 0.6 is 0 Å². The van der Waals surface area contributed by atoms with Crippen molar-refractivity contribution in [3.05, 3.63) is 18.2 Å². The largest absolute Gasteiger partial charge is 0.337 e. The van der Waals surface area contributed by atoms with E-state index in [1.807, 2.05) is 0 Å². The molecule has 0 amide bonds. The lowest BCUT2D eigenvalue weighted by Gasteiger charge is -2.10. The van der Waals surface area contributed by atoms with Crippen LogP contribution in [0.4, 0.5) is 0 Å². The van der Waals surface area contributed by atoms with Crippen molar-refractivity contribution in [1.82, 2.24) is 9.55 Å². The van der Waals surface area contributed by atoms with E-state index in [1.165, 1.54) is 6.20 Å². The van der Waals surface area contributed by atoms with Gasteiger partial charge in [-0.1, -0.05) is 6.92 Å². The Hall–Kier alpha value is -0.880.